The van der Waals surface area contributed by atoms with Crippen molar-refractivity contribution in [2.45, 2.75) is 39.0 Å². The van der Waals surface area contributed by atoms with Gasteiger partial charge >= 0.3 is 12.1 Å². The quantitative estimate of drug-likeness (QED) is 0.750. The molecule has 1 aromatic carbocycles. The van der Waals surface area contributed by atoms with Crippen LogP contribution in [0.25, 0.3) is 0 Å². The molecule has 1 rings (SSSR count). The molecule has 1 atom stereocenters. The van der Waals surface area contributed by atoms with E-state index in [0.717, 1.165) is 10.5 Å². The number of hydrogen-bond acceptors (Lipinski definition) is 5. The third-order valence-corrected chi connectivity index (χ3v) is 3.15. The lowest BCUT2D eigenvalue weighted by molar-refractivity contribution is -0.147. The number of nitrogens with zero attached hydrogens (tertiary/aromatic N) is 1. The lowest BCUT2D eigenvalue weighted by Gasteiger charge is -2.30. The molecule has 7 nitrogen and oxygen atoms in total. The molecular formula is C17H26N2O5. The molecule has 1 amide bonds. The molecule has 0 aliphatic carbocycles. The summed E-state index contributed by atoms with van der Waals surface area (Å²) in [6.07, 6.45) is -0.728. The number of carbonyl (C=O) groups excluding carboxylic acids is 1. The molecule has 0 aliphatic rings. The number of benzene rings is 1. The Balaban J connectivity index is 2.76. The van der Waals surface area contributed by atoms with E-state index >= 15 is 0 Å². The van der Waals surface area contributed by atoms with Crippen LogP contribution in [0.2, 0.25) is 0 Å². The Bertz CT molecular complexity index is 528. The predicted molar refractivity (Wildman–Crippen MR) is 89.5 cm³/mol. The van der Waals surface area contributed by atoms with Crippen molar-refractivity contribution in [3.63, 3.8) is 0 Å². The van der Waals surface area contributed by atoms with Crippen LogP contribution in [0.15, 0.2) is 30.3 Å². The van der Waals surface area contributed by atoms with Gasteiger partial charge in [0.25, 0.3) is 0 Å². The minimum Gasteiger partial charge on any atom is -0.480 e. The first-order valence-electron chi connectivity index (χ1n) is 7.78. The molecular weight excluding hydrogens is 312 g/mol. The average molecular weight is 338 g/mol. The molecule has 0 bridgehead atoms. The highest BCUT2D eigenvalue weighted by atomic mass is 16.6. The molecule has 0 spiro atoms. The van der Waals surface area contributed by atoms with Gasteiger partial charge < -0.3 is 20.3 Å². The van der Waals surface area contributed by atoms with Crippen LogP contribution in [0.5, 0.6) is 0 Å². The zero-order chi connectivity index (χ0) is 18.2. The van der Waals surface area contributed by atoms with Gasteiger partial charge in [-0.3, -0.25) is 4.90 Å². The van der Waals surface area contributed by atoms with Crippen molar-refractivity contribution in [3.8, 4) is 0 Å². The number of hydrogen-bond donors (Lipinski definition) is 2. The summed E-state index contributed by atoms with van der Waals surface area (Å²) in [5, 5.41) is 9.43. The van der Waals surface area contributed by atoms with Crippen LogP contribution in [-0.2, 0) is 20.9 Å². The molecule has 1 aromatic rings. The smallest absolute Gasteiger partial charge is 0.410 e. The topological polar surface area (TPSA) is 102 Å². The summed E-state index contributed by atoms with van der Waals surface area (Å²) in [5.41, 5.74) is 5.81. The molecule has 0 heterocycles. The second-order valence-corrected chi connectivity index (χ2v) is 6.30. The van der Waals surface area contributed by atoms with E-state index < -0.39 is 23.7 Å². The van der Waals surface area contributed by atoms with Gasteiger partial charge in [0.2, 0.25) is 0 Å². The Labute approximate surface area is 142 Å². The summed E-state index contributed by atoms with van der Waals surface area (Å²) >= 11 is 0. The molecule has 0 radical (unpaired) electrons. The van der Waals surface area contributed by atoms with E-state index in [0.29, 0.717) is 0 Å². The minimum atomic E-state index is -1.16. The first-order chi connectivity index (χ1) is 11.2. The third-order valence-electron chi connectivity index (χ3n) is 3.15. The molecule has 7 heteroatoms. The number of aliphatic carboxylic acids is 1. The molecule has 0 fully saturated rings. The fraction of sp³-hybridized carbons (Fsp3) is 0.529. The SMILES string of the molecule is CC(C)(C)OC[C@H](C(=O)O)N(CCN)C(=O)OCc1ccccc1. The maximum atomic E-state index is 12.3. The normalized spacial score (nSPS) is 12.5. The fourth-order valence-corrected chi connectivity index (χ4v) is 1.94. The van der Waals surface area contributed by atoms with E-state index in [9.17, 15) is 14.7 Å². The number of rotatable bonds is 8. The van der Waals surface area contributed by atoms with Crippen molar-refractivity contribution in [3.05, 3.63) is 35.9 Å². The highest BCUT2D eigenvalue weighted by molar-refractivity contribution is 5.80. The molecule has 0 saturated heterocycles. The largest absolute Gasteiger partial charge is 0.480 e. The van der Waals surface area contributed by atoms with E-state index in [4.69, 9.17) is 15.2 Å². The Hall–Kier alpha value is -2.12. The van der Waals surface area contributed by atoms with Crippen LogP contribution in [0, 0.1) is 0 Å². The van der Waals surface area contributed by atoms with Crippen LogP contribution in [0.3, 0.4) is 0 Å². The number of carbonyl (C=O) groups is 2. The summed E-state index contributed by atoms with van der Waals surface area (Å²) in [6.45, 7) is 5.55. The zero-order valence-electron chi connectivity index (χ0n) is 14.4. The maximum absolute atomic E-state index is 12.3. The van der Waals surface area contributed by atoms with Crippen LogP contribution in [0.4, 0.5) is 4.79 Å². The number of carboxylic acid groups (broad SMARTS) is 1. The van der Waals surface area contributed by atoms with Crippen LogP contribution >= 0.6 is 0 Å². The highest BCUT2D eigenvalue weighted by Gasteiger charge is 2.32. The van der Waals surface area contributed by atoms with Crippen molar-refractivity contribution < 1.29 is 24.2 Å². The van der Waals surface area contributed by atoms with Gasteiger partial charge in [0.1, 0.15) is 6.61 Å². The van der Waals surface area contributed by atoms with Crippen molar-refractivity contribution in [2.24, 2.45) is 5.73 Å². The summed E-state index contributed by atoms with van der Waals surface area (Å²) in [5.74, 6) is -1.16. The van der Waals surface area contributed by atoms with Gasteiger partial charge in [-0.05, 0) is 26.3 Å². The molecule has 0 unspecified atom stereocenters. The molecule has 134 valence electrons. The van der Waals surface area contributed by atoms with Gasteiger partial charge in [0.05, 0.1) is 12.2 Å². The second kappa shape index (κ2) is 9.24. The van der Waals surface area contributed by atoms with Crippen molar-refractivity contribution in [2.75, 3.05) is 19.7 Å². The minimum absolute atomic E-state index is 0.0627. The maximum Gasteiger partial charge on any atom is 0.410 e. The van der Waals surface area contributed by atoms with Crippen LogP contribution in [-0.4, -0.2) is 53.4 Å². The lowest BCUT2D eigenvalue weighted by Crippen LogP contribution is -2.50. The Morgan fingerprint density at radius 3 is 2.38 bits per heavy atom. The van der Waals surface area contributed by atoms with Gasteiger partial charge in [-0.2, -0.15) is 0 Å². The van der Waals surface area contributed by atoms with Gasteiger partial charge in [0.15, 0.2) is 6.04 Å². The molecule has 0 aliphatic heterocycles. The number of amides is 1. The average Bonchev–Trinajstić information content (AvgIpc) is 2.51. The van der Waals surface area contributed by atoms with Crippen molar-refractivity contribution in [1.29, 1.82) is 0 Å². The fourth-order valence-electron chi connectivity index (χ4n) is 1.94. The molecule has 3 N–H and O–H groups in total. The van der Waals surface area contributed by atoms with Crippen LogP contribution < -0.4 is 5.73 Å². The van der Waals surface area contributed by atoms with E-state index in [2.05, 4.69) is 0 Å². The lowest BCUT2D eigenvalue weighted by atomic mass is 10.2. The Morgan fingerprint density at radius 1 is 1.25 bits per heavy atom. The monoisotopic (exact) mass is 338 g/mol. The zero-order valence-corrected chi connectivity index (χ0v) is 14.4. The Morgan fingerprint density at radius 2 is 1.88 bits per heavy atom. The predicted octanol–water partition coefficient (Wildman–Crippen LogP) is 1.85. The third kappa shape index (κ3) is 6.97. The highest BCUT2D eigenvalue weighted by Crippen LogP contribution is 2.12. The standard InChI is InChI=1S/C17H26N2O5/c1-17(2,3)24-12-14(15(20)21)19(10-9-18)16(22)23-11-13-7-5-4-6-8-13/h4-8,14H,9-12,18H2,1-3H3,(H,20,21)/t14-/m1/s1. The first kappa shape index (κ1) is 19.9. The van der Waals surface area contributed by atoms with E-state index in [-0.39, 0.29) is 26.3 Å². The molecule has 24 heavy (non-hydrogen) atoms. The number of nitrogens with two attached hydrogens (primary N) is 1. The number of ether oxygens (including phenoxy) is 2. The van der Waals surface area contributed by atoms with Crippen LogP contribution in [0.1, 0.15) is 26.3 Å². The first-order valence-corrected chi connectivity index (χ1v) is 7.78. The summed E-state index contributed by atoms with van der Waals surface area (Å²) in [7, 11) is 0. The molecule has 0 aromatic heterocycles. The summed E-state index contributed by atoms with van der Waals surface area (Å²) < 4.78 is 10.7. The second-order valence-electron chi connectivity index (χ2n) is 6.30. The molecule has 0 saturated carbocycles. The van der Waals surface area contributed by atoms with E-state index in [1.165, 1.54) is 0 Å². The summed E-state index contributed by atoms with van der Waals surface area (Å²) in [6, 6.07) is 8.00. The van der Waals surface area contributed by atoms with Gasteiger partial charge in [0, 0.05) is 13.1 Å². The van der Waals surface area contributed by atoms with Gasteiger partial charge in [-0.15, -0.1) is 0 Å². The van der Waals surface area contributed by atoms with Gasteiger partial charge in [-0.1, -0.05) is 30.3 Å². The van der Waals surface area contributed by atoms with E-state index in [1.807, 2.05) is 51.1 Å². The van der Waals surface area contributed by atoms with Gasteiger partial charge in [-0.25, -0.2) is 9.59 Å². The van der Waals surface area contributed by atoms with Crippen molar-refractivity contribution in [1.82, 2.24) is 4.90 Å². The Kier molecular flexibility index (Phi) is 7.67. The van der Waals surface area contributed by atoms with E-state index in [1.54, 1.807) is 0 Å². The number of carboxylic acids is 1. The summed E-state index contributed by atoms with van der Waals surface area (Å²) in [4.78, 5) is 24.9. The van der Waals surface area contributed by atoms with Crippen molar-refractivity contribution >= 4 is 12.1 Å².